The largest absolute Gasteiger partial charge is 0.439 e. The van der Waals surface area contributed by atoms with Crippen molar-refractivity contribution in [1.82, 2.24) is 4.98 Å². The van der Waals surface area contributed by atoms with Crippen LogP contribution in [0, 0.1) is 6.07 Å². The van der Waals surface area contributed by atoms with Crippen molar-refractivity contribution in [2.75, 3.05) is 0 Å². The van der Waals surface area contributed by atoms with Crippen LogP contribution in [-0.4, -0.2) is 4.98 Å². The van der Waals surface area contributed by atoms with Crippen molar-refractivity contribution >= 4 is 0 Å². The molecule has 0 aliphatic carbocycles. The first-order valence-electron chi connectivity index (χ1n) is 4.73. The van der Waals surface area contributed by atoms with Gasteiger partial charge in [-0.3, -0.25) is 0 Å². The van der Waals surface area contributed by atoms with Crippen LogP contribution in [0.4, 0.5) is 13.2 Å². The van der Waals surface area contributed by atoms with Gasteiger partial charge in [0, 0.05) is 12.3 Å². The number of ether oxygens (including phenoxy) is 1. The summed E-state index contributed by atoms with van der Waals surface area (Å²) in [6.45, 7) is 0. The van der Waals surface area contributed by atoms with Gasteiger partial charge in [-0.1, -0.05) is 12.1 Å². The Morgan fingerprint density at radius 1 is 1.18 bits per heavy atom. The van der Waals surface area contributed by atoms with E-state index in [4.69, 9.17) is 4.74 Å². The lowest BCUT2D eigenvalue weighted by Crippen LogP contribution is -2.05. The van der Waals surface area contributed by atoms with E-state index in [1.54, 1.807) is 24.3 Å². The number of hydrogen-bond donors (Lipinski definition) is 0. The summed E-state index contributed by atoms with van der Waals surface area (Å²) < 4.78 is 42.0. The number of alkyl halides is 3. The summed E-state index contributed by atoms with van der Waals surface area (Å²) in [5, 5.41) is 0. The molecule has 1 aromatic heterocycles. The van der Waals surface area contributed by atoms with E-state index in [0.717, 1.165) is 12.3 Å². The van der Waals surface area contributed by atoms with Crippen molar-refractivity contribution in [1.29, 1.82) is 0 Å². The zero-order valence-corrected chi connectivity index (χ0v) is 8.53. The fourth-order valence-corrected chi connectivity index (χ4v) is 1.17. The maximum atomic E-state index is 12.3. The quantitative estimate of drug-likeness (QED) is 0.795. The molecule has 1 heterocycles. The molecule has 2 nitrogen and oxygen atoms in total. The Bertz CT molecular complexity index is 479. The highest BCUT2D eigenvalue weighted by molar-refractivity contribution is 5.27. The molecule has 0 aliphatic rings. The standard InChI is InChI=1S/C12H7F3NO/c13-12(14,15)9-6-7-11(16-8-9)17-10-4-2-1-3-5-10/h1-2,4-8H. The number of rotatable bonds is 2. The van der Waals surface area contributed by atoms with Crippen LogP contribution in [0.2, 0.25) is 0 Å². The molecule has 1 radical (unpaired) electrons. The lowest BCUT2D eigenvalue weighted by Gasteiger charge is -2.07. The van der Waals surface area contributed by atoms with Gasteiger partial charge in [0.25, 0.3) is 0 Å². The van der Waals surface area contributed by atoms with Crippen LogP contribution in [0.1, 0.15) is 5.56 Å². The monoisotopic (exact) mass is 238 g/mol. The Balaban J connectivity index is 2.14. The van der Waals surface area contributed by atoms with Crippen molar-refractivity contribution in [2.45, 2.75) is 6.18 Å². The third kappa shape index (κ3) is 2.96. The molecule has 0 saturated carbocycles. The van der Waals surface area contributed by atoms with Gasteiger partial charge >= 0.3 is 6.18 Å². The molecule has 17 heavy (non-hydrogen) atoms. The average Bonchev–Trinajstić information content (AvgIpc) is 2.30. The summed E-state index contributed by atoms with van der Waals surface area (Å²) in [6, 6.07) is 11.5. The Hall–Kier alpha value is -2.04. The molecule has 5 heteroatoms. The van der Waals surface area contributed by atoms with E-state index in [2.05, 4.69) is 11.1 Å². The summed E-state index contributed by atoms with van der Waals surface area (Å²) in [5.41, 5.74) is -0.801. The van der Waals surface area contributed by atoms with Gasteiger partial charge < -0.3 is 4.74 Å². The van der Waals surface area contributed by atoms with Crippen molar-refractivity contribution in [2.24, 2.45) is 0 Å². The van der Waals surface area contributed by atoms with Gasteiger partial charge in [-0.2, -0.15) is 13.2 Å². The second-order valence-corrected chi connectivity index (χ2v) is 3.22. The van der Waals surface area contributed by atoms with Crippen LogP contribution in [0.15, 0.2) is 42.6 Å². The van der Waals surface area contributed by atoms with E-state index in [9.17, 15) is 13.2 Å². The number of aromatic nitrogens is 1. The predicted molar refractivity (Wildman–Crippen MR) is 54.6 cm³/mol. The molecule has 0 amide bonds. The fourth-order valence-electron chi connectivity index (χ4n) is 1.17. The van der Waals surface area contributed by atoms with E-state index < -0.39 is 11.7 Å². The van der Waals surface area contributed by atoms with Gasteiger partial charge in [-0.15, -0.1) is 0 Å². The summed E-state index contributed by atoms with van der Waals surface area (Å²) in [5.74, 6) is 0.581. The molecule has 0 fully saturated rings. The van der Waals surface area contributed by atoms with Crippen molar-refractivity contribution in [3.63, 3.8) is 0 Å². The smallest absolute Gasteiger partial charge is 0.417 e. The van der Waals surface area contributed by atoms with E-state index in [0.29, 0.717) is 5.75 Å². The third-order valence-corrected chi connectivity index (χ3v) is 1.96. The second-order valence-electron chi connectivity index (χ2n) is 3.22. The zero-order valence-electron chi connectivity index (χ0n) is 8.53. The number of halogens is 3. The van der Waals surface area contributed by atoms with Crippen LogP contribution >= 0.6 is 0 Å². The molecule has 1 aromatic carbocycles. The van der Waals surface area contributed by atoms with E-state index in [1.807, 2.05) is 0 Å². The molecule has 0 saturated heterocycles. The van der Waals surface area contributed by atoms with Crippen molar-refractivity contribution in [3.8, 4) is 11.6 Å². The maximum Gasteiger partial charge on any atom is 0.417 e. The van der Waals surface area contributed by atoms with E-state index in [1.165, 1.54) is 6.07 Å². The number of hydrogen-bond acceptors (Lipinski definition) is 2. The molecule has 2 aromatic rings. The lowest BCUT2D eigenvalue weighted by molar-refractivity contribution is -0.137. The predicted octanol–water partition coefficient (Wildman–Crippen LogP) is 3.69. The Labute approximate surface area is 95.7 Å². The van der Waals surface area contributed by atoms with Gasteiger partial charge in [-0.25, -0.2) is 4.98 Å². The first-order valence-corrected chi connectivity index (χ1v) is 4.73. The highest BCUT2D eigenvalue weighted by Gasteiger charge is 2.30. The van der Waals surface area contributed by atoms with Gasteiger partial charge in [0.1, 0.15) is 5.75 Å². The van der Waals surface area contributed by atoms with Gasteiger partial charge in [0.05, 0.1) is 5.56 Å². The minimum atomic E-state index is -4.38. The highest BCUT2D eigenvalue weighted by Crippen LogP contribution is 2.29. The first-order chi connectivity index (χ1) is 8.05. The van der Waals surface area contributed by atoms with E-state index in [-0.39, 0.29) is 5.88 Å². The van der Waals surface area contributed by atoms with Crippen LogP contribution < -0.4 is 4.74 Å². The number of benzene rings is 1. The van der Waals surface area contributed by atoms with Gasteiger partial charge in [0.2, 0.25) is 5.88 Å². The summed E-state index contributed by atoms with van der Waals surface area (Å²) in [4.78, 5) is 3.58. The molecule has 87 valence electrons. The van der Waals surface area contributed by atoms with Crippen LogP contribution in [0.3, 0.4) is 0 Å². The first kappa shape index (κ1) is 11.4. The Morgan fingerprint density at radius 2 is 2.00 bits per heavy atom. The molecule has 0 bridgehead atoms. The van der Waals surface area contributed by atoms with Crippen LogP contribution in [0.25, 0.3) is 0 Å². The Morgan fingerprint density at radius 3 is 2.53 bits per heavy atom. The topological polar surface area (TPSA) is 22.1 Å². The van der Waals surface area contributed by atoms with Crippen LogP contribution in [-0.2, 0) is 6.18 Å². The number of nitrogens with zero attached hydrogens (tertiary/aromatic N) is 1. The normalized spacial score (nSPS) is 11.2. The van der Waals surface area contributed by atoms with Gasteiger partial charge in [0.15, 0.2) is 0 Å². The average molecular weight is 238 g/mol. The third-order valence-electron chi connectivity index (χ3n) is 1.96. The molecular weight excluding hydrogens is 231 g/mol. The minimum absolute atomic E-state index is 0.109. The minimum Gasteiger partial charge on any atom is -0.439 e. The molecule has 0 N–H and O–H groups in total. The van der Waals surface area contributed by atoms with E-state index >= 15 is 0 Å². The molecular formula is C12H7F3NO. The molecule has 0 spiro atoms. The molecule has 0 unspecified atom stereocenters. The van der Waals surface area contributed by atoms with Crippen LogP contribution in [0.5, 0.6) is 11.6 Å². The molecule has 0 aliphatic heterocycles. The lowest BCUT2D eigenvalue weighted by atomic mass is 10.3. The Kier molecular flexibility index (Phi) is 2.99. The molecule has 0 atom stereocenters. The highest BCUT2D eigenvalue weighted by atomic mass is 19.4. The molecule has 2 rings (SSSR count). The number of pyridine rings is 1. The summed E-state index contributed by atoms with van der Waals surface area (Å²) >= 11 is 0. The summed E-state index contributed by atoms with van der Waals surface area (Å²) in [6.07, 6.45) is -3.64. The summed E-state index contributed by atoms with van der Waals surface area (Å²) in [7, 11) is 0. The van der Waals surface area contributed by atoms with Gasteiger partial charge in [-0.05, 0) is 24.3 Å². The van der Waals surface area contributed by atoms with Crippen molar-refractivity contribution < 1.29 is 17.9 Å². The SMILES string of the molecule is FC(F)(F)c1ccc(Oc2c[c]ccc2)nc1. The van der Waals surface area contributed by atoms with Crippen molar-refractivity contribution in [3.05, 3.63) is 54.2 Å². The fraction of sp³-hybridized carbons (Fsp3) is 0.0833. The zero-order chi connectivity index (χ0) is 12.3. The second kappa shape index (κ2) is 4.45. The maximum absolute atomic E-state index is 12.3.